The number of benzene rings is 2. The van der Waals surface area contributed by atoms with Gasteiger partial charge in [0.15, 0.2) is 0 Å². The molecule has 3 heterocycles. The number of hydrogen-bond donors (Lipinski definition) is 3. The summed E-state index contributed by atoms with van der Waals surface area (Å²) in [6.45, 7) is 2.37. The fourth-order valence-corrected chi connectivity index (χ4v) is 3.87. The van der Waals surface area contributed by atoms with Crippen LogP contribution in [-0.4, -0.2) is 39.7 Å². The van der Waals surface area contributed by atoms with E-state index in [9.17, 15) is 5.11 Å². The number of para-hydroxylation sites is 2. The van der Waals surface area contributed by atoms with Gasteiger partial charge in [-0.15, -0.1) is 0 Å². The lowest BCUT2D eigenvalue weighted by molar-refractivity contribution is 0.117. The smallest absolute Gasteiger partial charge is 0.143 e. The molecule has 0 saturated carbocycles. The number of nitrogens with zero attached hydrogens (tertiary/aromatic N) is 2. The lowest BCUT2D eigenvalue weighted by atomic mass is 10.0. The van der Waals surface area contributed by atoms with Crippen LogP contribution in [0, 0.1) is 12.3 Å². The minimum atomic E-state index is -0.748. The van der Waals surface area contributed by atoms with Gasteiger partial charge >= 0.3 is 0 Å². The van der Waals surface area contributed by atoms with Gasteiger partial charge in [-0.3, -0.25) is 5.41 Å². The second-order valence-corrected chi connectivity index (χ2v) is 6.71. The van der Waals surface area contributed by atoms with E-state index in [0.717, 1.165) is 28.0 Å². The van der Waals surface area contributed by atoms with Crippen molar-refractivity contribution in [3.63, 3.8) is 0 Å². The summed E-state index contributed by atoms with van der Waals surface area (Å²) < 4.78 is 5.83. The van der Waals surface area contributed by atoms with E-state index in [2.05, 4.69) is 9.97 Å². The highest BCUT2D eigenvalue weighted by Crippen LogP contribution is 2.43. The molecule has 126 valence electrons. The third-order valence-corrected chi connectivity index (χ3v) is 5.11. The molecule has 1 fully saturated rings. The molecule has 3 atom stereocenters. The first-order chi connectivity index (χ1) is 12.1. The minimum Gasteiger partial charge on any atom is -0.489 e. The number of amidine groups is 1. The molecule has 0 aliphatic carbocycles. The van der Waals surface area contributed by atoms with E-state index < -0.39 is 12.0 Å². The van der Waals surface area contributed by atoms with E-state index in [1.165, 1.54) is 0 Å². The van der Waals surface area contributed by atoms with Crippen molar-refractivity contribution in [1.29, 1.82) is 5.41 Å². The van der Waals surface area contributed by atoms with Gasteiger partial charge in [0.25, 0.3) is 0 Å². The van der Waals surface area contributed by atoms with Crippen molar-refractivity contribution >= 4 is 22.6 Å². The zero-order valence-corrected chi connectivity index (χ0v) is 13.7. The van der Waals surface area contributed by atoms with Crippen LogP contribution >= 0.6 is 0 Å². The van der Waals surface area contributed by atoms with E-state index in [1.54, 1.807) is 0 Å². The molecular formula is C19H18N4O2. The summed E-state index contributed by atoms with van der Waals surface area (Å²) >= 11 is 0. The molecule has 5 rings (SSSR count). The Labute approximate surface area is 144 Å². The summed E-state index contributed by atoms with van der Waals surface area (Å²) in [6.07, 6.45) is -0.748. The molecule has 3 N–H and O–H groups in total. The molecule has 0 radical (unpaired) electrons. The summed E-state index contributed by atoms with van der Waals surface area (Å²) in [7, 11) is 0. The average Bonchev–Trinajstić information content (AvgIpc) is 3.13. The zero-order chi connectivity index (χ0) is 17.1. The molecule has 1 saturated heterocycles. The average molecular weight is 334 g/mol. The number of imidazole rings is 1. The lowest BCUT2D eigenvalue weighted by Gasteiger charge is -2.34. The number of nitrogens with one attached hydrogen (secondary N) is 2. The van der Waals surface area contributed by atoms with Crippen molar-refractivity contribution in [2.75, 3.05) is 11.5 Å². The third-order valence-electron chi connectivity index (χ3n) is 5.11. The van der Waals surface area contributed by atoms with Crippen LogP contribution in [0.4, 0.5) is 5.69 Å². The number of rotatable bonds is 1. The molecule has 2 aliphatic heterocycles. The predicted octanol–water partition coefficient (Wildman–Crippen LogP) is 2.57. The number of anilines is 1. The summed E-state index contributed by atoms with van der Waals surface area (Å²) in [5.41, 5.74) is 3.70. The van der Waals surface area contributed by atoms with E-state index in [-0.39, 0.29) is 6.04 Å². The van der Waals surface area contributed by atoms with Crippen LogP contribution in [0.3, 0.4) is 0 Å². The summed E-state index contributed by atoms with van der Waals surface area (Å²) in [6, 6.07) is 13.4. The normalized spacial score (nSPS) is 25.0. The summed E-state index contributed by atoms with van der Waals surface area (Å²) in [5, 5.41) is 19.6. The highest BCUT2D eigenvalue weighted by Gasteiger charge is 2.50. The Kier molecular flexibility index (Phi) is 2.93. The van der Waals surface area contributed by atoms with Gasteiger partial charge in [0.1, 0.15) is 29.9 Å². The highest BCUT2D eigenvalue weighted by molar-refractivity contribution is 6.05. The quantitative estimate of drug-likeness (QED) is 0.638. The Balaban J connectivity index is 1.61. The molecule has 2 aromatic carbocycles. The maximum atomic E-state index is 10.9. The van der Waals surface area contributed by atoms with Gasteiger partial charge in [-0.25, -0.2) is 4.98 Å². The SMILES string of the molecule is Cc1ccc2c(c1)N1C(=N)C(c3nc4ccccc4[nH]3)C(O)C1CO2. The molecule has 0 spiro atoms. The number of fused-ring (bicyclic) bond motifs is 4. The van der Waals surface area contributed by atoms with Crippen molar-refractivity contribution in [2.45, 2.75) is 25.0 Å². The van der Waals surface area contributed by atoms with Gasteiger partial charge in [-0.2, -0.15) is 0 Å². The number of aryl methyl sites for hydroxylation is 1. The Hall–Kier alpha value is -2.86. The van der Waals surface area contributed by atoms with Crippen LogP contribution in [0.2, 0.25) is 0 Å². The Morgan fingerprint density at radius 2 is 2.12 bits per heavy atom. The van der Waals surface area contributed by atoms with Crippen LogP contribution in [0.25, 0.3) is 11.0 Å². The molecule has 0 bridgehead atoms. The van der Waals surface area contributed by atoms with E-state index >= 15 is 0 Å². The molecule has 0 amide bonds. The van der Waals surface area contributed by atoms with Gasteiger partial charge in [-0.1, -0.05) is 18.2 Å². The monoisotopic (exact) mass is 334 g/mol. The molecule has 3 unspecified atom stereocenters. The van der Waals surface area contributed by atoms with Gasteiger partial charge in [0.05, 0.1) is 28.9 Å². The zero-order valence-electron chi connectivity index (χ0n) is 13.7. The maximum Gasteiger partial charge on any atom is 0.143 e. The first kappa shape index (κ1) is 14.5. The van der Waals surface area contributed by atoms with E-state index in [1.807, 2.05) is 54.3 Å². The number of H-pyrrole nitrogens is 1. The molecule has 6 heteroatoms. The molecule has 3 aromatic rings. The Bertz CT molecular complexity index is 963. The van der Waals surface area contributed by atoms with Crippen molar-refractivity contribution in [3.05, 3.63) is 53.9 Å². The fraction of sp³-hybridized carbons (Fsp3) is 0.263. The molecule has 6 nitrogen and oxygen atoms in total. The van der Waals surface area contributed by atoms with Gasteiger partial charge in [-0.05, 0) is 36.8 Å². The van der Waals surface area contributed by atoms with Gasteiger partial charge in [0.2, 0.25) is 0 Å². The molecule has 1 aromatic heterocycles. The largest absolute Gasteiger partial charge is 0.489 e. The van der Waals surface area contributed by atoms with Crippen LogP contribution in [0.15, 0.2) is 42.5 Å². The van der Waals surface area contributed by atoms with Crippen LogP contribution in [-0.2, 0) is 0 Å². The van der Waals surface area contributed by atoms with Gasteiger partial charge in [0, 0.05) is 0 Å². The lowest BCUT2D eigenvalue weighted by Crippen LogP contribution is -2.44. The second-order valence-electron chi connectivity index (χ2n) is 6.71. The summed E-state index contributed by atoms with van der Waals surface area (Å²) in [5.74, 6) is 1.24. The summed E-state index contributed by atoms with van der Waals surface area (Å²) in [4.78, 5) is 9.76. The molecular weight excluding hydrogens is 316 g/mol. The number of aromatic amines is 1. The van der Waals surface area contributed by atoms with Crippen LogP contribution in [0.1, 0.15) is 17.3 Å². The second kappa shape index (κ2) is 5.07. The number of aliphatic hydroxyl groups excluding tert-OH is 1. The van der Waals surface area contributed by atoms with Crippen molar-refractivity contribution in [2.24, 2.45) is 0 Å². The fourth-order valence-electron chi connectivity index (χ4n) is 3.87. The Morgan fingerprint density at radius 3 is 2.96 bits per heavy atom. The molecule has 2 aliphatic rings. The van der Waals surface area contributed by atoms with Crippen molar-refractivity contribution in [1.82, 2.24) is 9.97 Å². The minimum absolute atomic E-state index is 0.278. The standard InChI is InChI=1S/C19H18N4O2/c1-10-6-7-15-13(8-10)23-14(9-25-15)17(24)16(18(23)20)19-21-11-4-2-3-5-12(11)22-19/h2-8,14,16-17,20,24H,9H2,1H3,(H,21,22). The number of aliphatic hydroxyl groups is 1. The molecule has 25 heavy (non-hydrogen) atoms. The van der Waals surface area contributed by atoms with Crippen molar-refractivity contribution in [3.8, 4) is 5.75 Å². The topological polar surface area (TPSA) is 85.2 Å². The Morgan fingerprint density at radius 1 is 1.28 bits per heavy atom. The third kappa shape index (κ3) is 2.01. The van der Waals surface area contributed by atoms with Crippen LogP contribution in [0.5, 0.6) is 5.75 Å². The van der Waals surface area contributed by atoms with Crippen molar-refractivity contribution < 1.29 is 9.84 Å². The van der Waals surface area contributed by atoms with Crippen LogP contribution < -0.4 is 9.64 Å². The van der Waals surface area contributed by atoms with E-state index in [4.69, 9.17) is 10.1 Å². The highest BCUT2D eigenvalue weighted by atomic mass is 16.5. The predicted molar refractivity (Wildman–Crippen MR) is 95.5 cm³/mol. The number of ether oxygens (including phenoxy) is 1. The maximum absolute atomic E-state index is 10.9. The number of aromatic nitrogens is 2. The van der Waals surface area contributed by atoms with Gasteiger partial charge < -0.3 is 19.7 Å². The number of hydrogen-bond acceptors (Lipinski definition) is 4. The first-order valence-electron chi connectivity index (χ1n) is 8.37. The first-order valence-corrected chi connectivity index (χ1v) is 8.37. The van der Waals surface area contributed by atoms with E-state index in [0.29, 0.717) is 18.3 Å².